The van der Waals surface area contributed by atoms with Crippen molar-refractivity contribution in [2.45, 2.75) is 12.5 Å². The zero-order valence-corrected chi connectivity index (χ0v) is 12.0. The molecule has 1 fully saturated rings. The number of hydrogen-bond acceptors (Lipinski definition) is 5. The SMILES string of the molecule is Nc1ncnc2c1c(I)nn2[C@H]1CCN(C(=O)O)C1. The Hall–Kier alpha value is -1.65. The molecule has 0 unspecified atom stereocenters. The van der Waals surface area contributed by atoms with Crippen molar-refractivity contribution in [3.63, 3.8) is 0 Å². The Morgan fingerprint density at radius 2 is 2.32 bits per heavy atom. The quantitative estimate of drug-likeness (QED) is 0.719. The van der Waals surface area contributed by atoms with Crippen LogP contribution in [-0.4, -0.2) is 48.9 Å². The number of rotatable bonds is 1. The van der Waals surface area contributed by atoms with Gasteiger partial charge in [0.05, 0.1) is 11.4 Å². The summed E-state index contributed by atoms with van der Waals surface area (Å²) in [6.07, 6.45) is 1.22. The van der Waals surface area contributed by atoms with Gasteiger partial charge >= 0.3 is 6.09 Å². The van der Waals surface area contributed by atoms with Crippen molar-refractivity contribution in [3.05, 3.63) is 10.0 Å². The van der Waals surface area contributed by atoms with Gasteiger partial charge < -0.3 is 15.7 Å². The van der Waals surface area contributed by atoms with Crippen molar-refractivity contribution < 1.29 is 9.90 Å². The largest absolute Gasteiger partial charge is 0.465 e. The molecular formula is C10H11IN6O2. The monoisotopic (exact) mass is 374 g/mol. The molecule has 100 valence electrons. The summed E-state index contributed by atoms with van der Waals surface area (Å²) in [5.74, 6) is 0.397. The third-order valence-electron chi connectivity index (χ3n) is 3.26. The molecule has 1 atom stereocenters. The van der Waals surface area contributed by atoms with Gasteiger partial charge in [0.1, 0.15) is 15.8 Å². The van der Waals surface area contributed by atoms with Crippen LogP contribution in [-0.2, 0) is 0 Å². The molecule has 19 heavy (non-hydrogen) atoms. The van der Waals surface area contributed by atoms with E-state index >= 15 is 0 Å². The number of halogens is 1. The van der Waals surface area contributed by atoms with E-state index in [0.29, 0.717) is 24.6 Å². The van der Waals surface area contributed by atoms with E-state index in [4.69, 9.17) is 10.8 Å². The van der Waals surface area contributed by atoms with E-state index in [9.17, 15) is 4.79 Å². The number of fused-ring (bicyclic) bond motifs is 1. The molecule has 8 nitrogen and oxygen atoms in total. The first-order valence-corrected chi connectivity index (χ1v) is 6.78. The van der Waals surface area contributed by atoms with Crippen LogP contribution < -0.4 is 5.73 Å². The number of carbonyl (C=O) groups is 1. The van der Waals surface area contributed by atoms with Gasteiger partial charge in [0.15, 0.2) is 5.65 Å². The van der Waals surface area contributed by atoms with Gasteiger partial charge in [-0.05, 0) is 29.0 Å². The van der Waals surface area contributed by atoms with Gasteiger partial charge in [-0.1, -0.05) is 0 Å². The van der Waals surface area contributed by atoms with Crippen LogP contribution in [0.2, 0.25) is 0 Å². The summed E-state index contributed by atoms with van der Waals surface area (Å²) in [7, 11) is 0. The summed E-state index contributed by atoms with van der Waals surface area (Å²) in [5.41, 5.74) is 6.49. The van der Waals surface area contributed by atoms with Gasteiger partial charge in [-0.3, -0.25) is 0 Å². The maximum atomic E-state index is 11.0. The summed E-state index contributed by atoms with van der Waals surface area (Å²) >= 11 is 2.09. The minimum atomic E-state index is -0.900. The summed E-state index contributed by atoms with van der Waals surface area (Å²) < 4.78 is 2.50. The van der Waals surface area contributed by atoms with E-state index in [-0.39, 0.29) is 6.04 Å². The number of nitrogens with zero attached hydrogens (tertiary/aromatic N) is 5. The smallest absolute Gasteiger partial charge is 0.407 e. The molecule has 1 aliphatic rings. The normalized spacial score (nSPS) is 19.2. The van der Waals surface area contributed by atoms with E-state index in [2.05, 4.69) is 37.7 Å². The number of likely N-dealkylation sites (tertiary alicyclic amines) is 1. The Kier molecular flexibility index (Phi) is 2.92. The van der Waals surface area contributed by atoms with Crippen molar-refractivity contribution in [1.29, 1.82) is 0 Å². The van der Waals surface area contributed by atoms with Crippen molar-refractivity contribution >= 4 is 45.5 Å². The second kappa shape index (κ2) is 4.47. The minimum absolute atomic E-state index is 0.00332. The maximum Gasteiger partial charge on any atom is 0.407 e. The lowest BCUT2D eigenvalue weighted by Gasteiger charge is -2.13. The second-order valence-corrected chi connectivity index (χ2v) is 5.39. The molecule has 0 saturated carbocycles. The third kappa shape index (κ3) is 1.97. The number of aromatic nitrogens is 4. The fraction of sp³-hybridized carbons (Fsp3) is 0.400. The highest BCUT2D eigenvalue weighted by atomic mass is 127. The fourth-order valence-corrected chi connectivity index (χ4v) is 3.07. The Morgan fingerprint density at radius 1 is 1.53 bits per heavy atom. The molecule has 3 N–H and O–H groups in total. The van der Waals surface area contributed by atoms with Gasteiger partial charge in [0.2, 0.25) is 0 Å². The molecule has 1 aliphatic heterocycles. The second-order valence-electron chi connectivity index (χ2n) is 4.36. The lowest BCUT2D eigenvalue weighted by molar-refractivity contribution is 0.154. The van der Waals surface area contributed by atoms with E-state index in [1.54, 1.807) is 4.68 Å². The van der Waals surface area contributed by atoms with E-state index in [0.717, 1.165) is 15.5 Å². The highest BCUT2D eigenvalue weighted by molar-refractivity contribution is 14.1. The number of amides is 1. The van der Waals surface area contributed by atoms with Crippen LogP contribution in [0.4, 0.5) is 10.6 Å². The van der Waals surface area contributed by atoms with E-state index < -0.39 is 6.09 Å². The summed E-state index contributed by atoms with van der Waals surface area (Å²) in [4.78, 5) is 20.5. The van der Waals surface area contributed by atoms with Crippen molar-refractivity contribution in [2.24, 2.45) is 0 Å². The molecule has 3 rings (SSSR count). The maximum absolute atomic E-state index is 11.0. The van der Waals surface area contributed by atoms with Gasteiger partial charge in [-0.15, -0.1) is 0 Å². The zero-order valence-electron chi connectivity index (χ0n) is 9.82. The Bertz CT molecular complexity index is 657. The topological polar surface area (TPSA) is 110 Å². The average molecular weight is 374 g/mol. The predicted molar refractivity (Wildman–Crippen MR) is 75.7 cm³/mol. The molecule has 1 saturated heterocycles. The minimum Gasteiger partial charge on any atom is -0.465 e. The lowest BCUT2D eigenvalue weighted by Crippen LogP contribution is -2.27. The summed E-state index contributed by atoms with van der Waals surface area (Å²) in [6, 6.07) is -0.00332. The first-order chi connectivity index (χ1) is 9.08. The van der Waals surface area contributed by atoms with Crippen LogP contribution in [0.25, 0.3) is 11.0 Å². The van der Waals surface area contributed by atoms with Crippen LogP contribution in [0.1, 0.15) is 12.5 Å². The summed E-state index contributed by atoms with van der Waals surface area (Å²) in [5, 5.41) is 14.2. The molecule has 9 heteroatoms. The molecule has 0 radical (unpaired) electrons. The number of carboxylic acid groups (broad SMARTS) is 1. The van der Waals surface area contributed by atoms with Crippen LogP contribution in [0.3, 0.4) is 0 Å². The molecule has 0 aliphatic carbocycles. The lowest BCUT2D eigenvalue weighted by atomic mass is 10.2. The molecule has 2 aromatic heterocycles. The average Bonchev–Trinajstić information content (AvgIpc) is 2.95. The van der Waals surface area contributed by atoms with Crippen LogP contribution in [0.5, 0.6) is 0 Å². The van der Waals surface area contributed by atoms with Gasteiger partial charge in [-0.25, -0.2) is 19.4 Å². The van der Waals surface area contributed by atoms with E-state index in [1.165, 1.54) is 11.2 Å². The third-order valence-corrected chi connectivity index (χ3v) is 4.01. The van der Waals surface area contributed by atoms with Crippen molar-refractivity contribution in [1.82, 2.24) is 24.6 Å². The number of nitrogens with two attached hydrogens (primary N) is 1. The summed E-state index contributed by atoms with van der Waals surface area (Å²) in [6.45, 7) is 0.935. The molecule has 2 aromatic rings. The Labute approximate surface area is 121 Å². The Morgan fingerprint density at radius 3 is 3.00 bits per heavy atom. The van der Waals surface area contributed by atoms with Gasteiger partial charge in [0.25, 0.3) is 0 Å². The molecule has 0 aromatic carbocycles. The predicted octanol–water partition coefficient (Wildman–Crippen LogP) is 0.938. The highest BCUT2D eigenvalue weighted by Gasteiger charge is 2.30. The number of nitrogen functional groups attached to an aromatic ring is 1. The number of hydrogen-bond donors (Lipinski definition) is 2. The molecular weight excluding hydrogens is 363 g/mol. The fourth-order valence-electron chi connectivity index (χ4n) is 2.32. The van der Waals surface area contributed by atoms with E-state index in [1.807, 2.05) is 0 Å². The zero-order chi connectivity index (χ0) is 13.6. The first-order valence-electron chi connectivity index (χ1n) is 5.70. The van der Waals surface area contributed by atoms with Gasteiger partial charge in [0, 0.05) is 13.1 Å². The molecule has 0 bridgehead atoms. The van der Waals surface area contributed by atoms with Gasteiger partial charge in [-0.2, -0.15) is 5.10 Å². The highest BCUT2D eigenvalue weighted by Crippen LogP contribution is 2.28. The van der Waals surface area contributed by atoms with Crippen LogP contribution in [0, 0.1) is 3.70 Å². The van der Waals surface area contributed by atoms with Crippen LogP contribution >= 0.6 is 22.6 Å². The number of anilines is 1. The standard InChI is InChI=1S/C10H11IN6O2/c11-7-6-8(12)13-4-14-9(6)17(15-7)5-1-2-16(3-5)10(18)19/h4-5H,1-3H2,(H,18,19)(H2,12,13,14)/t5-/m0/s1. The Balaban J connectivity index is 2.03. The molecule has 3 heterocycles. The molecule has 1 amide bonds. The van der Waals surface area contributed by atoms with Crippen molar-refractivity contribution in [3.8, 4) is 0 Å². The van der Waals surface area contributed by atoms with Crippen LogP contribution in [0.15, 0.2) is 6.33 Å². The van der Waals surface area contributed by atoms with Crippen molar-refractivity contribution in [2.75, 3.05) is 18.8 Å². The molecule has 0 spiro atoms. The first kappa shape index (κ1) is 12.4.